The number of nitrogens with one attached hydrogen (secondary N) is 2. The number of hydrogen-bond acceptors (Lipinski definition) is 5. The zero-order valence-electron chi connectivity index (χ0n) is 15.4. The van der Waals surface area contributed by atoms with Crippen LogP contribution in [0.25, 0.3) is 11.0 Å². The fourth-order valence-corrected chi connectivity index (χ4v) is 3.70. The van der Waals surface area contributed by atoms with E-state index in [1.807, 2.05) is 18.2 Å². The minimum atomic E-state index is -0.644. The SMILES string of the molecule is Cn1c(=O)n(C2CCC(=O)NC2=O)c2ccc(CCCOC3CNC3)cc21. The molecule has 1 unspecified atom stereocenters. The third kappa shape index (κ3) is 3.42. The van der Waals surface area contributed by atoms with E-state index >= 15 is 0 Å². The quantitative estimate of drug-likeness (QED) is 0.560. The number of aromatic nitrogens is 2. The summed E-state index contributed by atoms with van der Waals surface area (Å²) < 4.78 is 8.82. The number of aryl methyl sites for hydroxylation is 2. The summed E-state index contributed by atoms with van der Waals surface area (Å²) in [6, 6.07) is 5.25. The molecule has 2 aliphatic rings. The lowest BCUT2D eigenvalue weighted by atomic mass is 10.1. The number of nitrogens with zero attached hydrogens (tertiary/aromatic N) is 2. The number of carbonyl (C=O) groups excluding carboxylic acids is 2. The average molecular weight is 372 g/mol. The van der Waals surface area contributed by atoms with Gasteiger partial charge in [-0.3, -0.25) is 24.0 Å². The van der Waals surface area contributed by atoms with Crippen molar-refractivity contribution in [3.8, 4) is 0 Å². The molecule has 2 saturated heterocycles. The molecule has 1 aromatic carbocycles. The van der Waals surface area contributed by atoms with Crippen molar-refractivity contribution in [1.82, 2.24) is 19.8 Å². The molecular formula is C19H24N4O4. The molecule has 2 aliphatic heterocycles. The lowest BCUT2D eigenvalue weighted by Crippen LogP contribution is -2.48. The monoisotopic (exact) mass is 372 g/mol. The summed E-state index contributed by atoms with van der Waals surface area (Å²) in [7, 11) is 1.71. The van der Waals surface area contributed by atoms with E-state index in [-0.39, 0.29) is 18.0 Å². The summed E-state index contributed by atoms with van der Waals surface area (Å²) in [6.07, 6.45) is 2.72. The fraction of sp³-hybridized carbons (Fsp3) is 0.526. The minimum Gasteiger partial charge on any atom is -0.376 e. The summed E-state index contributed by atoms with van der Waals surface area (Å²) in [4.78, 5) is 36.4. The number of imidazole rings is 1. The molecule has 0 radical (unpaired) electrons. The number of amides is 2. The van der Waals surface area contributed by atoms with Crippen LogP contribution in [-0.4, -0.2) is 46.7 Å². The highest BCUT2D eigenvalue weighted by atomic mass is 16.5. The van der Waals surface area contributed by atoms with Gasteiger partial charge in [-0.05, 0) is 37.0 Å². The van der Waals surface area contributed by atoms with Crippen molar-refractivity contribution < 1.29 is 14.3 Å². The zero-order chi connectivity index (χ0) is 19.0. The van der Waals surface area contributed by atoms with Gasteiger partial charge < -0.3 is 10.1 Å². The summed E-state index contributed by atoms with van der Waals surface area (Å²) in [5.74, 6) is -0.695. The average Bonchev–Trinajstić information content (AvgIpc) is 2.85. The van der Waals surface area contributed by atoms with E-state index < -0.39 is 11.9 Å². The molecule has 0 spiro atoms. The lowest BCUT2D eigenvalue weighted by Gasteiger charge is -2.27. The Labute approximate surface area is 156 Å². The van der Waals surface area contributed by atoms with Crippen molar-refractivity contribution in [2.45, 2.75) is 37.8 Å². The normalized spacial score (nSPS) is 20.7. The molecule has 0 saturated carbocycles. The number of carbonyl (C=O) groups is 2. The highest BCUT2D eigenvalue weighted by molar-refractivity contribution is 6.00. The van der Waals surface area contributed by atoms with E-state index in [1.54, 1.807) is 11.6 Å². The van der Waals surface area contributed by atoms with Crippen LogP contribution in [0.15, 0.2) is 23.0 Å². The maximum Gasteiger partial charge on any atom is 0.329 e. The number of rotatable bonds is 6. The second-order valence-electron chi connectivity index (χ2n) is 7.26. The van der Waals surface area contributed by atoms with E-state index in [1.165, 1.54) is 4.57 Å². The fourth-order valence-electron chi connectivity index (χ4n) is 3.70. The van der Waals surface area contributed by atoms with Gasteiger partial charge >= 0.3 is 5.69 Å². The van der Waals surface area contributed by atoms with Crippen molar-refractivity contribution in [3.05, 3.63) is 34.2 Å². The van der Waals surface area contributed by atoms with Crippen LogP contribution in [0, 0.1) is 0 Å². The molecule has 4 rings (SSSR count). The summed E-state index contributed by atoms with van der Waals surface area (Å²) in [6.45, 7) is 2.59. The molecule has 0 aliphatic carbocycles. The van der Waals surface area contributed by atoms with Crippen LogP contribution in [0.2, 0.25) is 0 Å². The van der Waals surface area contributed by atoms with Crippen molar-refractivity contribution in [3.63, 3.8) is 0 Å². The number of hydrogen-bond donors (Lipinski definition) is 2. The molecule has 2 fully saturated rings. The highest BCUT2D eigenvalue weighted by Crippen LogP contribution is 2.24. The molecule has 1 atom stereocenters. The van der Waals surface area contributed by atoms with Crippen molar-refractivity contribution >= 4 is 22.8 Å². The van der Waals surface area contributed by atoms with E-state index in [0.29, 0.717) is 12.5 Å². The number of fused-ring (bicyclic) bond motifs is 1. The lowest BCUT2D eigenvalue weighted by molar-refractivity contribution is -0.135. The maximum atomic E-state index is 12.7. The molecule has 0 bridgehead atoms. The molecule has 2 aromatic rings. The van der Waals surface area contributed by atoms with E-state index in [9.17, 15) is 14.4 Å². The van der Waals surface area contributed by atoms with Crippen LogP contribution >= 0.6 is 0 Å². The predicted molar refractivity (Wildman–Crippen MR) is 99.5 cm³/mol. The number of imide groups is 1. The van der Waals surface area contributed by atoms with Crippen LogP contribution in [-0.2, 0) is 27.8 Å². The van der Waals surface area contributed by atoms with Gasteiger partial charge in [-0.2, -0.15) is 0 Å². The third-order valence-corrected chi connectivity index (χ3v) is 5.38. The highest BCUT2D eigenvalue weighted by Gasteiger charge is 2.31. The molecule has 3 heterocycles. The summed E-state index contributed by atoms with van der Waals surface area (Å²) in [5.41, 5.74) is 2.41. The van der Waals surface area contributed by atoms with Crippen molar-refractivity contribution in [2.75, 3.05) is 19.7 Å². The number of benzene rings is 1. The zero-order valence-corrected chi connectivity index (χ0v) is 15.4. The van der Waals surface area contributed by atoms with Crippen LogP contribution in [0.5, 0.6) is 0 Å². The van der Waals surface area contributed by atoms with Gasteiger partial charge in [-0.15, -0.1) is 0 Å². The molecule has 2 N–H and O–H groups in total. The molecule has 8 heteroatoms. The van der Waals surface area contributed by atoms with Crippen molar-refractivity contribution in [2.24, 2.45) is 7.05 Å². The molecule has 1 aromatic heterocycles. The van der Waals surface area contributed by atoms with Crippen LogP contribution in [0.1, 0.15) is 30.9 Å². The number of piperidine rings is 1. The Morgan fingerprint density at radius 3 is 2.70 bits per heavy atom. The Kier molecular flexibility index (Phi) is 4.84. The predicted octanol–water partition coefficient (Wildman–Crippen LogP) is 0.239. The Morgan fingerprint density at radius 1 is 1.19 bits per heavy atom. The first-order chi connectivity index (χ1) is 13.0. The molecule has 144 valence electrons. The molecule has 2 amide bonds. The van der Waals surface area contributed by atoms with Gasteiger partial charge in [0.2, 0.25) is 11.8 Å². The second-order valence-corrected chi connectivity index (χ2v) is 7.26. The first-order valence-corrected chi connectivity index (χ1v) is 9.40. The Bertz CT molecular complexity index is 941. The first-order valence-electron chi connectivity index (χ1n) is 9.40. The smallest absolute Gasteiger partial charge is 0.329 e. The summed E-state index contributed by atoms with van der Waals surface area (Å²) >= 11 is 0. The van der Waals surface area contributed by atoms with E-state index in [0.717, 1.165) is 49.1 Å². The standard InChI is InChI=1S/C19H24N4O4/c1-22-16-9-12(3-2-8-27-13-10-20-11-13)4-5-14(16)23(19(22)26)15-6-7-17(24)21-18(15)25/h4-5,9,13,15,20H,2-3,6-8,10-11H2,1H3,(H,21,24,25). The second kappa shape index (κ2) is 7.28. The van der Waals surface area contributed by atoms with Crippen molar-refractivity contribution in [1.29, 1.82) is 0 Å². The molecule has 8 nitrogen and oxygen atoms in total. The molecular weight excluding hydrogens is 348 g/mol. The maximum absolute atomic E-state index is 12.7. The first kappa shape index (κ1) is 17.9. The minimum absolute atomic E-state index is 0.238. The van der Waals surface area contributed by atoms with Gasteiger partial charge in [0.1, 0.15) is 6.04 Å². The largest absolute Gasteiger partial charge is 0.376 e. The van der Waals surface area contributed by atoms with Gasteiger partial charge in [-0.1, -0.05) is 6.07 Å². The van der Waals surface area contributed by atoms with Crippen LogP contribution in [0.4, 0.5) is 0 Å². The van der Waals surface area contributed by atoms with Gasteiger partial charge in [0.05, 0.1) is 17.1 Å². The Hall–Kier alpha value is -2.45. The van der Waals surface area contributed by atoms with E-state index in [4.69, 9.17) is 4.74 Å². The third-order valence-electron chi connectivity index (χ3n) is 5.38. The van der Waals surface area contributed by atoms with Gasteiger partial charge in [0.15, 0.2) is 0 Å². The van der Waals surface area contributed by atoms with Crippen LogP contribution in [0.3, 0.4) is 0 Å². The number of ether oxygens (including phenoxy) is 1. The topological polar surface area (TPSA) is 94.4 Å². The Morgan fingerprint density at radius 2 is 2.00 bits per heavy atom. The van der Waals surface area contributed by atoms with Gasteiger partial charge in [0, 0.05) is 33.2 Å². The molecule has 27 heavy (non-hydrogen) atoms. The van der Waals surface area contributed by atoms with Gasteiger partial charge in [-0.25, -0.2) is 4.79 Å². The van der Waals surface area contributed by atoms with E-state index in [2.05, 4.69) is 10.6 Å². The van der Waals surface area contributed by atoms with Gasteiger partial charge in [0.25, 0.3) is 0 Å². The Balaban J connectivity index is 1.53. The summed E-state index contributed by atoms with van der Waals surface area (Å²) in [5, 5.41) is 5.51. The van der Waals surface area contributed by atoms with Crippen LogP contribution < -0.4 is 16.3 Å².